The van der Waals surface area contributed by atoms with Crippen molar-refractivity contribution in [1.82, 2.24) is 9.62 Å². The van der Waals surface area contributed by atoms with Crippen LogP contribution in [0.1, 0.15) is 82.8 Å². The molecule has 258 valence electrons. The molecule has 1 saturated heterocycles. The molecule has 1 aliphatic carbocycles. The number of alkyl halides is 3. The van der Waals surface area contributed by atoms with Crippen molar-refractivity contribution in [2.45, 2.75) is 101 Å². The van der Waals surface area contributed by atoms with Crippen molar-refractivity contribution in [2.75, 3.05) is 13.2 Å². The van der Waals surface area contributed by atoms with Crippen molar-refractivity contribution in [3.8, 4) is 5.75 Å². The van der Waals surface area contributed by atoms with Crippen LogP contribution in [0.15, 0.2) is 66.1 Å². The number of sulfonamides is 1. The third-order valence-corrected chi connectivity index (χ3v) is 11.5. The van der Waals surface area contributed by atoms with E-state index in [4.69, 9.17) is 4.74 Å². The number of nitrogens with one attached hydrogen (secondary N) is 1. The molecule has 1 saturated carbocycles. The Morgan fingerprint density at radius 3 is 2.36 bits per heavy atom. The molecule has 2 aliphatic rings. The first-order valence-corrected chi connectivity index (χ1v) is 18.1. The number of halogens is 3. The van der Waals surface area contributed by atoms with Crippen LogP contribution in [0.4, 0.5) is 13.2 Å². The highest BCUT2D eigenvalue weighted by Crippen LogP contribution is 2.34. The summed E-state index contributed by atoms with van der Waals surface area (Å²) in [5.74, 6) is -0.901. The highest BCUT2D eigenvalue weighted by Gasteiger charge is 2.41. The van der Waals surface area contributed by atoms with Crippen LogP contribution in [0.2, 0.25) is 0 Å². The minimum atomic E-state index is -4.70. The zero-order valence-corrected chi connectivity index (χ0v) is 28.1. The van der Waals surface area contributed by atoms with Crippen LogP contribution in [0.5, 0.6) is 5.75 Å². The molecule has 1 amide bonds. The molecule has 0 spiro atoms. The fourth-order valence-corrected chi connectivity index (χ4v) is 8.40. The number of nitrogens with zero attached hydrogens (tertiary/aromatic N) is 1. The standard InChI is InChI=1S/C36H47F3N2O5S/c1-4-21-46-31-18-16-27(17-19-31)23-28(35(43)40-30-12-6-5-7-13-30)22-25(2)26(3)34(42)33-15-8-9-20-41(33)47(44,45)32-14-10-11-29(24-32)36(37,38)39/h4,10-11,14,16-19,24-26,28,30,33H,1,5-9,12-13,15,20-23H2,2-3H3,(H,40,43)/t25?,26?,28-,33-/m0/s1. The van der Waals surface area contributed by atoms with Crippen LogP contribution in [0.3, 0.4) is 0 Å². The van der Waals surface area contributed by atoms with Gasteiger partial charge in [0.05, 0.1) is 16.5 Å². The Morgan fingerprint density at radius 2 is 1.70 bits per heavy atom. The van der Waals surface area contributed by atoms with E-state index in [1.54, 1.807) is 13.0 Å². The molecule has 1 N–H and O–H groups in total. The lowest BCUT2D eigenvalue weighted by Gasteiger charge is -2.36. The van der Waals surface area contributed by atoms with Gasteiger partial charge in [0.15, 0.2) is 5.78 Å². The second kappa shape index (κ2) is 16.3. The molecule has 2 aromatic rings. The largest absolute Gasteiger partial charge is 0.490 e. The summed E-state index contributed by atoms with van der Waals surface area (Å²) in [5, 5.41) is 3.25. The minimum Gasteiger partial charge on any atom is -0.490 e. The molecule has 0 bridgehead atoms. The number of amides is 1. The van der Waals surface area contributed by atoms with Gasteiger partial charge in [0.2, 0.25) is 15.9 Å². The van der Waals surface area contributed by atoms with Gasteiger partial charge in [0.25, 0.3) is 0 Å². The molecule has 4 atom stereocenters. The van der Waals surface area contributed by atoms with E-state index < -0.39 is 44.5 Å². The van der Waals surface area contributed by atoms with Crippen molar-refractivity contribution in [2.24, 2.45) is 17.8 Å². The van der Waals surface area contributed by atoms with Crippen molar-refractivity contribution in [3.63, 3.8) is 0 Å². The maximum Gasteiger partial charge on any atom is 0.416 e. The summed E-state index contributed by atoms with van der Waals surface area (Å²) in [6.45, 7) is 7.77. The van der Waals surface area contributed by atoms with E-state index in [0.29, 0.717) is 50.5 Å². The number of benzene rings is 2. The van der Waals surface area contributed by atoms with Crippen molar-refractivity contribution < 1.29 is 35.9 Å². The summed E-state index contributed by atoms with van der Waals surface area (Å²) >= 11 is 0. The number of hydrogen-bond donors (Lipinski definition) is 1. The Hall–Kier alpha value is -3.18. The first-order valence-electron chi connectivity index (χ1n) is 16.7. The summed E-state index contributed by atoms with van der Waals surface area (Å²) in [4.78, 5) is 27.2. The number of rotatable bonds is 14. The lowest BCUT2D eigenvalue weighted by atomic mass is 9.79. The molecule has 0 aromatic heterocycles. The Labute approximate surface area is 277 Å². The molecule has 11 heteroatoms. The summed E-state index contributed by atoms with van der Waals surface area (Å²) < 4.78 is 74.2. The van der Waals surface area contributed by atoms with Gasteiger partial charge < -0.3 is 10.1 Å². The minimum absolute atomic E-state index is 0.0506. The smallest absolute Gasteiger partial charge is 0.416 e. The molecule has 2 fully saturated rings. The second-order valence-corrected chi connectivity index (χ2v) is 14.9. The van der Waals surface area contributed by atoms with Crippen LogP contribution in [-0.2, 0) is 32.2 Å². The van der Waals surface area contributed by atoms with Gasteiger partial charge in [-0.1, -0.05) is 70.4 Å². The van der Waals surface area contributed by atoms with Crippen LogP contribution in [-0.4, -0.2) is 49.6 Å². The molecule has 1 heterocycles. The van der Waals surface area contributed by atoms with Gasteiger partial charge in [0.1, 0.15) is 12.4 Å². The van der Waals surface area contributed by atoms with Gasteiger partial charge in [0, 0.05) is 24.4 Å². The van der Waals surface area contributed by atoms with Gasteiger partial charge in [-0.2, -0.15) is 17.5 Å². The highest BCUT2D eigenvalue weighted by atomic mass is 32.2. The van der Waals surface area contributed by atoms with Crippen LogP contribution < -0.4 is 10.1 Å². The molecule has 4 rings (SSSR count). The van der Waals surface area contributed by atoms with E-state index in [9.17, 15) is 31.2 Å². The summed E-state index contributed by atoms with van der Waals surface area (Å²) in [6.07, 6.45) is 4.46. The van der Waals surface area contributed by atoms with Crippen LogP contribution in [0, 0.1) is 17.8 Å². The monoisotopic (exact) mass is 676 g/mol. The van der Waals surface area contributed by atoms with E-state index in [-0.39, 0.29) is 30.2 Å². The first kappa shape index (κ1) is 36.7. The van der Waals surface area contributed by atoms with Crippen LogP contribution in [0.25, 0.3) is 0 Å². The summed E-state index contributed by atoms with van der Waals surface area (Å²) in [5.41, 5.74) is -0.103. The molecular formula is C36H47F3N2O5S. The van der Waals surface area contributed by atoms with Gasteiger partial charge >= 0.3 is 6.18 Å². The predicted octanol–water partition coefficient (Wildman–Crippen LogP) is 7.35. The Bertz CT molecular complexity index is 1470. The molecule has 0 radical (unpaired) electrons. The summed E-state index contributed by atoms with van der Waals surface area (Å²) in [6, 6.07) is 10.4. The quantitative estimate of drug-likeness (QED) is 0.211. The number of carbonyl (C=O) groups excluding carboxylic acids is 2. The van der Waals surface area contributed by atoms with E-state index in [2.05, 4.69) is 11.9 Å². The number of Topliss-reactive ketones (excluding diaryl/α,β-unsaturated/α-hetero) is 1. The molecule has 7 nitrogen and oxygen atoms in total. The second-order valence-electron chi connectivity index (χ2n) is 13.0. The number of ether oxygens (including phenoxy) is 1. The van der Waals surface area contributed by atoms with E-state index >= 15 is 0 Å². The first-order chi connectivity index (χ1) is 22.3. The molecule has 1 aliphatic heterocycles. The Kier molecular flexibility index (Phi) is 12.7. The molecular weight excluding hydrogens is 629 g/mol. The maximum absolute atomic E-state index is 14.0. The van der Waals surface area contributed by atoms with Gasteiger partial charge in [-0.3, -0.25) is 9.59 Å². The van der Waals surface area contributed by atoms with E-state index in [1.807, 2.05) is 31.2 Å². The molecule has 47 heavy (non-hydrogen) atoms. The Balaban J connectivity index is 1.51. The van der Waals surface area contributed by atoms with Gasteiger partial charge in [-0.15, -0.1) is 0 Å². The molecule has 2 aromatic carbocycles. The highest BCUT2D eigenvalue weighted by molar-refractivity contribution is 7.89. The lowest BCUT2D eigenvalue weighted by Crippen LogP contribution is -2.50. The Morgan fingerprint density at radius 1 is 1.02 bits per heavy atom. The van der Waals surface area contributed by atoms with E-state index in [0.717, 1.165) is 60.2 Å². The predicted molar refractivity (Wildman–Crippen MR) is 175 cm³/mol. The maximum atomic E-state index is 14.0. The third-order valence-electron chi connectivity index (χ3n) is 9.60. The average molecular weight is 677 g/mol. The number of hydrogen-bond acceptors (Lipinski definition) is 5. The molecule has 2 unspecified atom stereocenters. The normalized spacial score (nSPS) is 20.1. The van der Waals surface area contributed by atoms with E-state index in [1.165, 1.54) is 0 Å². The summed E-state index contributed by atoms with van der Waals surface area (Å²) in [7, 11) is -4.37. The van der Waals surface area contributed by atoms with Crippen molar-refractivity contribution >= 4 is 21.7 Å². The third kappa shape index (κ3) is 9.69. The number of ketones is 1. The number of carbonyl (C=O) groups is 2. The zero-order chi connectivity index (χ0) is 34.2. The zero-order valence-electron chi connectivity index (χ0n) is 27.3. The number of piperidine rings is 1. The van der Waals surface area contributed by atoms with Crippen molar-refractivity contribution in [3.05, 3.63) is 72.3 Å². The fourth-order valence-electron chi connectivity index (χ4n) is 6.69. The fraction of sp³-hybridized carbons (Fsp3) is 0.556. The average Bonchev–Trinajstić information content (AvgIpc) is 3.07. The van der Waals surface area contributed by atoms with Crippen molar-refractivity contribution in [1.29, 1.82) is 0 Å². The van der Waals surface area contributed by atoms with Gasteiger partial charge in [-0.05, 0) is 80.3 Å². The lowest BCUT2D eigenvalue weighted by molar-refractivity contribution is -0.137. The topological polar surface area (TPSA) is 92.8 Å². The van der Waals surface area contributed by atoms with Crippen LogP contribution >= 0.6 is 0 Å². The van der Waals surface area contributed by atoms with Gasteiger partial charge in [-0.25, -0.2) is 8.42 Å². The SMILES string of the molecule is C=CCOc1ccc(C[C@H](CC(C)C(C)C(=O)[C@@H]2CCCCN2S(=O)(=O)c2cccc(C(F)(F)F)c2)C(=O)NC2CCCCC2)cc1.